The molecule has 0 aliphatic heterocycles. The van der Waals surface area contributed by atoms with Gasteiger partial charge >= 0.3 is 6.09 Å². The highest BCUT2D eigenvalue weighted by molar-refractivity contribution is 5.86. The third kappa shape index (κ3) is 7.29. The molecule has 0 aliphatic rings. The minimum absolute atomic E-state index is 0.214. The number of hydrogen-bond donors (Lipinski definition) is 1. The van der Waals surface area contributed by atoms with Crippen molar-refractivity contribution in [2.75, 3.05) is 13.7 Å². The average molecular weight is 269 g/mol. The Morgan fingerprint density at radius 2 is 1.84 bits per heavy atom. The smallest absolute Gasteiger partial charge is 0.407 e. The van der Waals surface area contributed by atoms with E-state index in [4.69, 9.17) is 10.00 Å². The number of ether oxygens (including phenoxy) is 1. The lowest BCUT2D eigenvalue weighted by Crippen LogP contribution is -2.47. The van der Waals surface area contributed by atoms with E-state index in [9.17, 15) is 9.59 Å². The molecular formula is C13H23N3O3. The van der Waals surface area contributed by atoms with Crippen molar-refractivity contribution in [2.24, 2.45) is 11.8 Å². The van der Waals surface area contributed by atoms with Gasteiger partial charge in [0.15, 0.2) is 6.19 Å². The van der Waals surface area contributed by atoms with E-state index in [2.05, 4.69) is 5.32 Å². The minimum atomic E-state index is -0.732. The molecule has 1 atom stereocenters. The molecule has 108 valence electrons. The van der Waals surface area contributed by atoms with Crippen molar-refractivity contribution in [1.29, 1.82) is 5.26 Å². The second kappa shape index (κ2) is 8.35. The van der Waals surface area contributed by atoms with Gasteiger partial charge in [-0.15, -0.1) is 0 Å². The van der Waals surface area contributed by atoms with Gasteiger partial charge in [0, 0.05) is 7.05 Å². The number of carbonyl (C=O) groups is 2. The van der Waals surface area contributed by atoms with Crippen molar-refractivity contribution in [3.63, 3.8) is 0 Å². The van der Waals surface area contributed by atoms with Crippen molar-refractivity contribution in [2.45, 2.75) is 40.2 Å². The fraction of sp³-hybridized carbons (Fsp3) is 0.769. The van der Waals surface area contributed by atoms with Crippen LogP contribution in [0.5, 0.6) is 0 Å². The van der Waals surface area contributed by atoms with E-state index >= 15 is 0 Å². The van der Waals surface area contributed by atoms with Gasteiger partial charge in [-0.25, -0.2) is 4.79 Å². The molecular weight excluding hydrogens is 246 g/mol. The fourth-order valence-corrected chi connectivity index (χ4v) is 1.40. The van der Waals surface area contributed by atoms with Crippen LogP contribution in [0.15, 0.2) is 0 Å². The van der Waals surface area contributed by atoms with Gasteiger partial charge in [0.2, 0.25) is 0 Å². The van der Waals surface area contributed by atoms with Crippen molar-refractivity contribution >= 4 is 12.0 Å². The Morgan fingerprint density at radius 3 is 2.26 bits per heavy atom. The van der Waals surface area contributed by atoms with E-state index in [1.807, 2.05) is 27.7 Å². The number of amides is 2. The third-order valence-electron chi connectivity index (χ3n) is 2.33. The van der Waals surface area contributed by atoms with Crippen LogP contribution in [0.3, 0.4) is 0 Å². The highest BCUT2D eigenvalue weighted by atomic mass is 16.5. The van der Waals surface area contributed by atoms with Crippen LogP contribution >= 0.6 is 0 Å². The second-order valence-electron chi connectivity index (χ2n) is 5.32. The zero-order valence-electron chi connectivity index (χ0n) is 12.3. The first-order valence-electron chi connectivity index (χ1n) is 6.38. The van der Waals surface area contributed by atoms with Crippen molar-refractivity contribution in [3.8, 4) is 6.19 Å². The van der Waals surface area contributed by atoms with Crippen LogP contribution < -0.4 is 5.32 Å². The zero-order chi connectivity index (χ0) is 15.0. The van der Waals surface area contributed by atoms with E-state index in [0.29, 0.717) is 13.0 Å². The monoisotopic (exact) mass is 269 g/mol. The van der Waals surface area contributed by atoms with Crippen LogP contribution in [0.25, 0.3) is 0 Å². The van der Waals surface area contributed by atoms with Gasteiger partial charge in [0.1, 0.15) is 6.04 Å². The van der Waals surface area contributed by atoms with E-state index in [0.717, 1.165) is 4.90 Å². The van der Waals surface area contributed by atoms with Crippen molar-refractivity contribution < 1.29 is 14.3 Å². The molecule has 0 radical (unpaired) electrons. The van der Waals surface area contributed by atoms with E-state index < -0.39 is 18.0 Å². The van der Waals surface area contributed by atoms with Gasteiger partial charge in [0.05, 0.1) is 6.61 Å². The summed E-state index contributed by atoms with van der Waals surface area (Å²) in [6.07, 6.45) is 1.57. The predicted molar refractivity (Wildman–Crippen MR) is 70.9 cm³/mol. The lowest BCUT2D eigenvalue weighted by molar-refractivity contribution is -0.129. The molecule has 2 amide bonds. The van der Waals surface area contributed by atoms with Crippen molar-refractivity contribution in [3.05, 3.63) is 0 Å². The molecule has 6 heteroatoms. The molecule has 0 saturated heterocycles. The Hall–Kier alpha value is -1.77. The van der Waals surface area contributed by atoms with Gasteiger partial charge in [-0.05, 0) is 18.3 Å². The number of alkyl carbamates (subject to hydrolysis) is 1. The average Bonchev–Trinajstić information content (AvgIpc) is 2.33. The minimum Gasteiger partial charge on any atom is -0.449 e. The standard InChI is InChI=1S/C13H23N3O3/c1-9(2)6-11(12(17)16(5)8-14)15-13(18)19-7-10(3)4/h9-11H,6-7H2,1-5H3,(H,15,18)/t11-/m0/s1. The normalized spacial score (nSPS) is 11.9. The SMILES string of the molecule is CC(C)COC(=O)N[C@@H](CC(C)C)C(=O)N(C)C#N. The molecule has 0 saturated carbocycles. The van der Waals surface area contributed by atoms with Crippen molar-refractivity contribution in [1.82, 2.24) is 10.2 Å². The number of nitrogens with zero attached hydrogens (tertiary/aromatic N) is 2. The van der Waals surface area contributed by atoms with Crippen LogP contribution in [0.2, 0.25) is 0 Å². The molecule has 19 heavy (non-hydrogen) atoms. The molecule has 0 aromatic heterocycles. The summed E-state index contributed by atoms with van der Waals surface area (Å²) < 4.78 is 4.98. The maximum Gasteiger partial charge on any atom is 0.407 e. The lowest BCUT2D eigenvalue weighted by Gasteiger charge is -2.21. The molecule has 0 heterocycles. The summed E-state index contributed by atoms with van der Waals surface area (Å²) in [5, 5.41) is 11.2. The largest absolute Gasteiger partial charge is 0.449 e. The number of rotatable bonds is 6. The first-order chi connectivity index (χ1) is 8.77. The number of carbonyl (C=O) groups excluding carboxylic acids is 2. The van der Waals surface area contributed by atoms with Gasteiger partial charge in [0.25, 0.3) is 5.91 Å². The molecule has 0 unspecified atom stereocenters. The van der Waals surface area contributed by atoms with Gasteiger partial charge in [-0.2, -0.15) is 5.26 Å². The summed E-state index contributed by atoms with van der Waals surface area (Å²) >= 11 is 0. The fourth-order valence-electron chi connectivity index (χ4n) is 1.40. The molecule has 0 rings (SSSR count). The van der Waals surface area contributed by atoms with Crippen LogP contribution in [0.1, 0.15) is 34.1 Å². The predicted octanol–water partition coefficient (Wildman–Crippen LogP) is 1.72. The Kier molecular flexibility index (Phi) is 7.57. The molecule has 0 fully saturated rings. The molecule has 0 aromatic rings. The van der Waals surface area contributed by atoms with E-state index in [-0.39, 0.29) is 11.8 Å². The Balaban J connectivity index is 4.56. The maximum atomic E-state index is 11.9. The highest BCUT2D eigenvalue weighted by Gasteiger charge is 2.25. The molecule has 0 bridgehead atoms. The number of nitrogens with one attached hydrogen (secondary N) is 1. The lowest BCUT2D eigenvalue weighted by atomic mass is 10.0. The first kappa shape index (κ1) is 17.2. The molecule has 6 nitrogen and oxygen atoms in total. The summed E-state index contributed by atoms with van der Waals surface area (Å²) in [5.74, 6) is 0.0101. The summed E-state index contributed by atoms with van der Waals surface area (Å²) in [7, 11) is 1.37. The summed E-state index contributed by atoms with van der Waals surface area (Å²) in [4.78, 5) is 24.4. The second-order valence-corrected chi connectivity index (χ2v) is 5.32. The topological polar surface area (TPSA) is 82.4 Å². The highest BCUT2D eigenvalue weighted by Crippen LogP contribution is 2.07. The maximum absolute atomic E-state index is 11.9. The molecule has 0 aliphatic carbocycles. The molecule has 1 N–H and O–H groups in total. The quantitative estimate of drug-likeness (QED) is 0.588. The Labute approximate surface area is 114 Å². The van der Waals surface area contributed by atoms with Gasteiger partial charge in [-0.1, -0.05) is 27.7 Å². The van der Waals surface area contributed by atoms with Gasteiger partial charge in [-0.3, -0.25) is 9.69 Å². The summed E-state index contributed by atoms with van der Waals surface area (Å²) in [5.41, 5.74) is 0. The van der Waals surface area contributed by atoms with E-state index in [1.54, 1.807) is 6.19 Å². The summed E-state index contributed by atoms with van der Waals surface area (Å²) in [6.45, 7) is 8.02. The van der Waals surface area contributed by atoms with E-state index in [1.165, 1.54) is 7.05 Å². The van der Waals surface area contributed by atoms with Crippen LogP contribution in [0, 0.1) is 23.3 Å². The zero-order valence-corrected chi connectivity index (χ0v) is 12.3. The Morgan fingerprint density at radius 1 is 1.26 bits per heavy atom. The van der Waals surface area contributed by atoms with Gasteiger partial charge < -0.3 is 10.1 Å². The molecule has 0 spiro atoms. The number of likely N-dealkylation sites (N-methyl/N-ethyl adjacent to an activating group) is 1. The first-order valence-corrected chi connectivity index (χ1v) is 6.38. The van der Waals surface area contributed by atoms with Crippen LogP contribution in [0.4, 0.5) is 4.79 Å². The molecule has 0 aromatic carbocycles. The number of hydrogen-bond acceptors (Lipinski definition) is 4. The Bertz CT molecular complexity index is 348. The third-order valence-corrected chi connectivity index (χ3v) is 2.33. The van der Waals surface area contributed by atoms with Crippen LogP contribution in [-0.4, -0.2) is 36.6 Å². The van der Waals surface area contributed by atoms with Crippen LogP contribution in [-0.2, 0) is 9.53 Å². The number of nitriles is 1. The summed E-state index contributed by atoms with van der Waals surface area (Å²) in [6, 6.07) is -0.732.